The summed E-state index contributed by atoms with van der Waals surface area (Å²) in [4.78, 5) is 55.4. The van der Waals surface area contributed by atoms with Gasteiger partial charge in [-0.25, -0.2) is 9.79 Å². The minimum absolute atomic E-state index is 0. The van der Waals surface area contributed by atoms with Crippen molar-refractivity contribution in [1.82, 2.24) is 5.32 Å². The van der Waals surface area contributed by atoms with Crippen molar-refractivity contribution in [3.05, 3.63) is 0 Å². The van der Waals surface area contributed by atoms with Crippen LogP contribution in [0.5, 0.6) is 0 Å². The number of halogens is 2. The number of aliphatic imine (C=N–C) groups is 1. The molecular weight excluding hydrogens is 480 g/mol. The Morgan fingerprint density at radius 2 is 1.69 bits per heavy atom. The van der Waals surface area contributed by atoms with E-state index in [4.69, 9.17) is 39.1 Å². The number of nitrogens with zero attached hydrogens (tertiary/aromatic N) is 1. The molecule has 1 rings (SSSR count). The van der Waals surface area contributed by atoms with Crippen LogP contribution in [0, 0.1) is 11.3 Å². The molecule has 0 saturated carbocycles. The van der Waals surface area contributed by atoms with Gasteiger partial charge in [0.1, 0.15) is 11.2 Å². The van der Waals surface area contributed by atoms with Crippen molar-refractivity contribution in [2.45, 2.75) is 57.7 Å². The van der Waals surface area contributed by atoms with Crippen LogP contribution in [0.4, 0.5) is 0 Å². The summed E-state index contributed by atoms with van der Waals surface area (Å²) in [6, 6.07) is -0.845. The standard InChI is InChI=1S/C11H18N2O3.C5H9NO3.C2H2Cl2O2.Na/c1-4-6-7(3)11(5-2)8(14)12-10(16)13-9(11)15;6-3-4(7)1-2-5(8)9;3-1(4)2(5)6;/h7H,4-6H2,1-3H3,(H2,12,13,14,15,16);1-3,6H2,(H,8,9);1H,(H,5,6);/q;;;+1/p-1. The van der Waals surface area contributed by atoms with Crippen molar-refractivity contribution in [3.8, 4) is 0 Å². The number of Topliss-reactive ketones (excluding diaryl/α,β-unsaturated/α-hetero) is 1. The number of nitrogens with one attached hydrogen (secondary N) is 1. The van der Waals surface area contributed by atoms with Crippen molar-refractivity contribution in [1.29, 1.82) is 0 Å². The Morgan fingerprint density at radius 1 is 1.19 bits per heavy atom. The number of rotatable bonds is 9. The van der Waals surface area contributed by atoms with Crippen molar-refractivity contribution in [3.63, 3.8) is 0 Å². The molecule has 5 N–H and O–H groups in total. The van der Waals surface area contributed by atoms with E-state index < -0.39 is 40.0 Å². The van der Waals surface area contributed by atoms with Gasteiger partial charge in [-0.15, -0.1) is 0 Å². The molecule has 0 aromatic heterocycles. The number of carboxylic acids is 2. The number of carbonyl (C=O) groups excluding carboxylic acids is 3. The van der Waals surface area contributed by atoms with E-state index in [9.17, 15) is 29.1 Å². The predicted octanol–water partition coefficient (Wildman–Crippen LogP) is -2.55. The second-order valence-electron chi connectivity index (χ2n) is 6.47. The van der Waals surface area contributed by atoms with Gasteiger partial charge in [-0.05, 0) is 18.8 Å². The second-order valence-corrected chi connectivity index (χ2v) is 7.56. The SMILES string of the molecule is CCCC(C)C1(CC)C(=O)N=C([O-])NC1=O.NCC(=O)CCC(=O)O.O=C(O)C(Cl)Cl.[Na+]. The summed E-state index contributed by atoms with van der Waals surface area (Å²) in [5.74, 6) is -3.58. The largest absolute Gasteiger partial charge is 1.00 e. The molecule has 0 radical (unpaired) electrons. The number of carbonyl (C=O) groups is 5. The first-order valence-electron chi connectivity index (χ1n) is 9.36. The number of carboxylic acid groups (broad SMARTS) is 2. The van der Waals surface area contributed by atoms with Crippen LogP contribution < -0.4 is 45.7 Å². The van der Waals surface area contributed by atoms with Crippen LogP contribution in [0.15, 0.2) is 4.99 Å². The Kier molecular flexibility index (Phi) is 20.1. The fourth-order valence-corrected chi connectivity index (χ4v) is 2.65. The third-order valence-electron chi connectivity index (χ3n) is 4.36. The van der Waals surface area contributed by atoms with Crippen molar-refractivity contribution >= 4 is 58.8 Å². The third kappa shape index (κ3) is 12.7. The molecule has 0 aromatic carbocycles. The maximum absolute atomic E-state index is 11.9. The molecular formula is C18H28Cl2N3NaO8. The van der Waals surface area contributed by atoms with Gasteiger partial charge in [-0.3, -0.25) is 19.2 Å². The van der Waals surface area contributed by atoms with Gasteiger partial charge in [0.05, 0.1) is 19.0 Å². The van der Waals surface area contributed by atoms with E-state index in [1.54, 1.807) is 6.92 Å². The Balaban J connectivity index is -0.000000447. The van der Waals surface area contributed by atoms with Crippen LogP contribution in [-0.2, 0) is 24.0 Å². The molecule has 0 aromatic rings. The average Bonchev–Trinajstić information content (AvgIpc) is 2.67. The molecule has 2 atom stereocenters. The van der Waals surface area contributed by atoms with Gasteiger partial charge in [0.2, 0.25) is 10.7 Å². The number of ketones is 1. The quantitative estimate of drug-likeness (QED) is 0.147. The minimum Gasteiger partial charge on any atom is -0.846 e. The zero-order valence-corrected chi connectivity index (χ0v) is 22.0. The van der Waals surface area contributed by atoms with Gasteiger partial charge >= 0.3 is 41.5 Å². The third-order valence-corrected chi connectivity index (χ3v) is 4.74. The maximum atomic E-state index is 11.9. The summed E-state index contributed by atoms with van der Waals surface area (Å²) < 4.78 is 0. The molecule has 1 aliphatic rings. The van der Waals surface area contributed by atoms with E-state index in [0.717, 1.165) is 12.8 Å². The van der Waals surface area contributed by atoms with Crippen LogP contribution in [0.1, 0.15) is 52.9 Å². The van der Waals surface area contributed by atoms with E-state index in [2.05, 4.69) is 10.3 Å². The number of hydrogen-bond donors (Lipinski definition) is 4. The van der Waals surface area contributed by atoms with Crippen LogP contribution in [0.2, 0.25) is 0 Å². The molecule has 2 unspecified atom stereocenters. The van der Waals surface area contributed by atoms with Gasteiger partial charge in [0.25, 0.3) is 5.91 Å². The summed E-state index contributed by atoms with van der Waals surface area (Å²) >= 11 is 9.56. The summed E-state index contributed by atoms with van der Waals surface area (Å²) in [6.45, 7) is 5.56. The van der Waals surface area contributed by atoms with Gasteiger partial charge in [-0.1, -0.05) is 50.4 Å². The molecule has 0 aliphatic carbocycles. The van der Waals surface area contributed by atoms with Crippen LogP contribution in [0.3, 0.4) is 0 Å². The topological polar surface area (TPSA) is 199 Å². The Hall–Kier alpha value is -1.24. The number of nitrogens with two attached hydrogens (primary N) is 1. The molecule has 0 spiro atoms. The zero-order valence-electron chi connectivity index (χ0n) is 18.5. The summed E-state index contributed by atoms with van der Waals surface area (Å²) in [5.41, 5.74) is 3.77. The number of hydrogen-bond acceptors (Lipinski definition) is 7. The predicted molar refractivity (Wildman–Crippen MR) is 111 cm³/mol. The molecule has 0 fully saturated rings. The smallest absolute Gasteiger partial charge is 0.846 e. The fraction of sp³-hybridized carbons (Fsp3) is 0.667. The minimum atomic E-state index is -1.29. The van der Waals surface area contributed by atoms with Crippen molar-refractivity contribution < 1.29 is 68.8 Å². The number of amides is 2. The zero-order chi connectivity index (χ0) is 24.8. The van der Waals surface area contributed by atoms with E-state index in [1.807, 2.05) is 13.8 Å². The number of aliphatic carboxylic acids is 2. The molecule has 0 bridgehead atoms. The molecule has 1 aliphatic heterocycles. The van der Waals surface area contributed by atoms with Gasteiger partial charge in [0.15, 0.2) is 0 Å². The summed E-state index contributed by atoms with van der Waals surface area (Å²) in [5, 5.41) is 28.9. The summed E-state index contributed by atoms with van der Waals surface area (Å²) in [7, 11) is 0. The van der Waals surface area contributed by atoms with Crippen LogP contribution in [0.25, 0.3) is 0 Å². The fourth-order valence-electron chi connectivity index (χ4n) is 2.65. The molecule has 1 heterocycles. The number of amidine groups is 1. The Labute approximate surface area is 218 Å². The Morgan fingerprint density at radius 3 is 2.00 bits per heavy atom. The molecule has 11 nitrogen and oxygen atoms in total. The van der Waals surface area contributed by atoms with Gasteiger partial charge in [0, 0.05) is 6.42 Å². The molecule has 2 amide bonds. The van der Waals surface area contributed by atoms with Gasteiger partial charge < -0.3 is 26.4 Å². The molecule has 178 valence electrons. The second kappa shape index (κ2) is 18.2. The average molecular weight is 508 g/mol. The molecule has 14 heteroatoms. The van der Waals surface area contributed by atoms with E-state index in [0.29, 0.717) is 6.42 Å². The van der Waals surface area contributed by atoms with E-state index >= 15 is 0 Å². The number of alkyl halides is 2. The first kappa shape index (κ1) is 35.4. The first-order valence-corrected chi connectivity index (χ1v) is 10.2. The van der Waals surface area contributed by atoms with Crippen molar-refractivity contribution in [2.24, 2.45) is 22.1 Å². The Bertz CT molecular complexity index is 691. The first-order chi connectivity index (χ1) is 14.3. The van der Waals surface area contributed by atoms with Crippen LogP contribution in [-0.4, -0.2) is 57.2 Å². The maximum Gasteiger partial charge on any atom is 1.00 e. The van der Waals surface area contributed by atoms with Gasteiger partial charge in [-0.2, -0.15) is 0 Å². The molecule has 32 heavy (non-hydrogen) atoms. The van der Waals surface area contributed by atoms with E-state index in [-0.39, 0.29) is 60.6 Å². The van der Waals surface area contributed by atoms with Crippen LogP contribution >= 0.6 is 23.2 Å². The summed E-state index contributed by atoms with van der Waals surface area (Å²) in [6.07, 6.45) is 1.95. The van der Waals surface area contributed by atoms with E-state index in [1.165, 1.54) is 0 Å². The monoisotopic (exact) mass is 507 g/mol. The normalized spacial score (nSPS) is 17.9. The van der Waals surface area contributed by atoms with Crippen molar-refractivity contribution in [2.75, 3.05) is 6.54 Å². The molecule has 0 saturated heterocycles.